The molecule has 3 heteroatoms. The van der Waals surface area contributed by atoms with Crippen molar-refractivity contribution in [2.24, 2.45) is 0 Å². The van der Waals surface area contributed by atoms with E-state index >= 15 is 0 Å². The van der Waals surface area contributed by atoms with Crippen molar-refractivity contribution in [3.05, 3.63) is 29.3 Å². The molecule has 0 bridgehead atoms. The van der Waals surface area contributed by atoms with E-state index in [2.05, 4.69) is 10.8 Å². The number of hydrogen-bond donors (Lipinski definition) is 0. The quantitative estimate of drug-likeness (QED) is 0.685. The fourth-order valence-corrected chi connectivity index (χ4v) is 1.15. The van der Waals surface area contributed by atoms with Crippen LogP contribution in [-0.2, 0) is 9.53 Å². The summed E-state index contributed by atoms with van der Waals surface area (Å²) in [6.07, 6.45) is 0. The molecule has 0 saturated heterocycles. The van der Waals surface area contributed by atoms with Gasteiger partial charge in [0.2, 0.25) is 0 Å². The highest BCUT2D eigenvalue weighted by atomic mass is 16.6. The molecule has 0 fully saturated rings. The highest BCUT2D eigenvalue weighted by Crippen LogP contribution is 2.21. The summed E-state index contributed by atoms with van der Waals surface area (Å²) in [6, 6.07) is 6.61. The van der Waals surface area contributed by atoms with E-state index in [0.717, 1.165) is 16.9 Å². The highest BCUT2D eigenvalue weighted by Gasteiger charge is 2.06. The van der Waals surface area contributed by atoms with E-state index in [4.69, 9.17) is 4.74 Å². The number of methoxy groups -OCH3 is 1. The van der Waals surface area contributed by atoms with Gasteiger partial charge >= 0.3 is 5.97 Å². The van der Waals surface area contributed by atoms with E-state index in [1.807, 2.05) is 26.0 Å². The maximum absolute atomic E-state index is 10.9. The molecule has 1 aromatic rings. The third-order valence-corrected chi connectivity index (χ3v) is 1.88. The molecule has 0 aliphatic rings. The van der Waals surface area contributed by atoms with Crippen molar-refractivity contribution in [1.29, 1.82) is 0 Å². The maximum Gasteiger partial charge on any atom is 0.343 e. The van der Waals surface area contributed by atoms with Crippen LogP contribution in [0, 0.1) is 19.9 Å². The number of hydrogen-bond acceptors (Lipinski definition) is 3. The summed E-state index contributed by atoms with van der Waals surface area (Å²) >= 11 is 0. The minimum atomic E-state index is -0.378. The average molecular weight is 193 g/mol. The van der Waals surface area contributed by atoms with Gasteiger partial charge in [0.15, 0.2) is 6.61 Å². The zero-order valence-corrected chi connectivity index (χ0v) is 8.59. The summed E-state index contributed by atoms with van der Waals surface area (Å²) in [6.45, 7) is 3.77. The molecular formula is C11H13O3. The SMILES string of the molecule is COC(=O)COc1c(C)c[c]cc1C. The van der Waals surface area contributed by atoms with Crippen molar-refractivity contribution >= 4 is 5.97 Å². The lowest BCUT2D eigenvalue weighted by Crippen LogP contribution is -2.13. The molecule has 0 atom stereocenters. The van der Waals surface area contributed by atoms with E-state index in [9.17, 15) is 4.79 Å². The molecule has 3 nitrogen and oxygen atoms in total. The van der Waals surface area contributed by atoms with Gasteiger partial charge in [0.1, 0.15) is 5.75 Å². The molecule has 1 aromatic carbocycles. The van der Waals surface area contributed by atoms with E-state index in [1.165, 1.54) is 7.11 Å². The Morgan fingerprint density at radius 2 is 1.93 bits per heavy atom. The van der Waals surface area contributed by atoms with Gasteiger partial charge in [-0.05, 0) is 43.2 Å². The third kappa shape index (κ3) is 2.49. The highest BCUT2D eigenvalue weighted by molar-refractivity contribution is 5.71. The zero-order valence-electron chi connectivity index (χ0n) is 8.59. The average Bonchev–Trinajstić information content (AvgIpc) is 2.16. The number of ether oxygens (including phenoxy) is 2. The maximum atomic E-state index is 10.9. The first-order valence-electron chi connectivity index (χ1n) is 4.32. The Hall–Kier alpha value is -1.51. The topological polar surface area (TPSA) is 35.5 Å². The monoisotopic (exact) mass is 193 g/mol. The molecular weight excluding hydrogens is 180 g/mol. The number of carbonyl (C=O) groups is 1. The van der Waals surface area contributed by atoms with E-state index in [-0.39, 0.29) is 12.6 Å². The fourth-order valence-electron chi connectivity index (χ4n) is 1.15. The van der Waals surface area contributed by atoms with E-state index in [0.29, 0.717) is 0 Å². The molecule has 0 unspecified atom stereocenters. The lowest BCUT2D eigenvalue weighted by molar-refractivity contribution is -0.142. The van der Waals surface area contributed by atoms with Gasteiger partial charge in [0.05, 0.1) is 7.11 Å². The second kappa shape index (κ2) is 4.65. The lowest BCUT2D eigenvalue weighted by Gasteiger charge is -2.10. The van der Waals surface area contributed by atoms with E-state index < -0.39 is 0 Å². The van der Waals surface area contributed by atoms with Gasteiger partial charge in [0.25, 0.3) is 0 Å². The molecule has 75 valence electrons. The van der Waals surface area contributed by atoms with Gasteiger partial charge in [-0.15, -0.1) is 0 Å². The molecule has 0 heterocycles. The molecule has 1 rings (SSSR count). The number of aryl methyl sites for hydroxylation is 2. The Labute approximate surface area is 83.6 Å². The Morgan fingerprint density at radius 1 is 1.36 bits per heavy atom. The Bertz CT molecular complexity index is 311. The van der Waals surface area contributed by atoms with E-state index in [1.54, 1.807) is 0 Å². The zero-order chi connectivity index (χ0) is 10.6. The molecule has 1 radical (unpaired) electrons. The van der Waals surface area contributed by atoms with Gasteiger partial charge in [0, 0.05) is 0 Å². The van der Waals surface area contributed by atoms with Crippen LogP contribution in [0.4, 0.5) is 0 Å². The molecule has 0 aliphatic carbocycles. The van der Waals surface area contributed by atoms with Crippen LogP contribution in [0.1, 0.15) is 11.1 Å². The van der Waals surface area contributed by atoms with Crippen LogP contribution < -0.4 is 4.74 Å². The standard InChI is InChI=1S/C11H13O3/c1-8-5-4-6-9(2)11(8)14-7-10(12)13-3/h5-6H,7H2,1-3H3. The van der Waals surface area contributed by atoms with Crippen LogP contribution in [0.25, 0.3) is 0 Å². The van der Waals surface area contributed by atoms with Crippen molar-refractivity contribution < 1.29 is 14.3 Å². The summed E-state index contributed by atoms with van der Waals surface area (Å²) in [4.78, 5) is 10.9. The third-order valence-electron chi connectivity index (χ3n) is 1.88. The van der Waals surface area contributed by atoms with Crippen molar-refractivity contribution in [3.8, 4) is 5.75 Å². The molecule has 0 saturated carbocycles. The Morgan fingerprint density at radius 3 is 2.43 bits per heavy atom. The number of rotatable bonds is 3. The fraction of sp³-hybridized carbons (Fsp3) is 0.364. The normalized spacial score (nSPS) is 9.64. The second-order valence-electron chi connectivity index (χ2n) is 3.02. The second-order valence-corrected chi connectivity index (χ2v) is 3.02. The number of esters is 1. The summed E-state index contributed by atoms with van der Waals surface area (Å²) in [5, 5.41) is 0. The summed E-state index contributed by atoms with van der Waals surface area (Å²) in [7, 11) is 1.34. The van der Waals surface area contributed by atoms with Crippen molar-refractivity contribution in [2.45, 2.75) is 13.8 Å². The summed E-state index contributed by atoms with van der Waals surface area (Å²) in [5.74, 6) is 0.353. The predicted octanol–water partition coefficient (Wildman–Crippen LogP) is 1.66. The van der Waals surface area contributed by atoms with Crippen LogP contribution in [0.3, 0.4) is 0 Å². The summed E-state index contributed by atoms with van der Waals surface area (Å²) in [5.41, 5.74) is 1.93. The van der Waals surface area contributed by atoms with Gasteiger partial charge in [-0.2, -0.15) is 0 Å². The van der Waals surface area contributed by atoms with Crippen molar-refractivity contribution in [3.63, 3.8) is 0 Å². The smallest absolute Gasteiger partial charge is 0.343 e. The van der Waals surface area contributed by atoms with Gasteiger partial charge in [-0.1, -0.05) is 0 Å². The van der Waals surface area contributed by atoms with Crippen LogP contribution in [-0.4, -0.2) is 19.7 Å². The van der Waals surface area contributed by atoms with Gasteiger partial charge < -0.3 is 9.47 Å². The summed E-state index contributed by atoms with van der Waals surface area (Å²) < 4.78 is 9.81. The first-order valence-corrected chi connectivity index (χ1v) is 4.32. The molecule has 0 amide bonds. The largest absolute Gasteiger partial charge is 0.481 e. The number of benzene rings is 1. The van der Waals surface area contributed by atoms with Crippen LogP contribution in [0.15, 0.2) is 12.1 Å². The first-order chi connectivity index (χ1) is 6.65. The molecule has 0 spiro atoms. The van der Waals surface area contributed by atoms with Crippen molar-refractivity contribution in [1.82, 2.24) is 0 Å². The predicted molar refractivity (Wildman–Crippen MR) is 52.3 cm³/mol. The van der Waals surface area contributed by atoms with Gasteiger partial charge in [-0.25, -0.2) is 4.79 Å². The number of carbonyl (C=O) groups excluding carboxylic acids is 1. The van der Waals surface area contributed by atoms with Crippen LogP contribution in [0.5, 0.6) is 5.75 Å². The molecule has 0 aromatic heterocycles. The lowest BCUT2D eigenvalue weighted by atomic mass is 10.1. The Balaban J connectivity index is 2.71. The minimum Gasteiger partial charge on any atom is -0.481 e. The first kappa shape index (κ1) is 10.6. The van der Waals surface area contributed by atoms with Gasteiger partial charge in [-0.3, -0.25) is 0 Å². The molecule has 0 N–H and O–H groups in total. The van der Waals surface area contributed by atoms with Crippen molar-refractivity contribution in [2.75, 3.05) is 13.7 Å². The molecule has 14 heavy (non-hydrogen) atoms. The molecule has 0 aliphatic heterocycles. The van der Waals surface area contributed by atoms with Crippen LogP contribution in [0.2, 0.25) is 0 Å². The van der Waals surface area contributed by atoms with Crippen LogP contribution >= 0.6 is 0 Å². The minimum absolute atomic E-state index is 0.0534. The Kier molecular flexibility index (Phi) is 3.51.